The van der Waals surface area contributed by atoms with Crippen molar-refractivity contribution in [3.63, 3.8) is 0 Å². The Morgan fingerprint density at radius 2 is 1.78 bits per heavy atom. The molecule has 4 nitrogen and oxygen atoms in total. The van der Waals surface area contributed by atoms with E-state index in [-0.39, 0.29) is 5.57 Å². The van der Waals surface area contributed by atoms with Crippen LogP contribution in [0.2, 0.25) is 0 Å². The van der Waals surface area contributed by atoms with E-state index in [9.17, 15) is 10.1 Å². The van der Waals surface area contributed by atoms with Gasteiger partial charge >= 0.3 is 0 Å². The number of carbonyl (C=O) groups excluding carboxylic acids is 1. The van der Waals surface area contributed by atoms with E-state index >= 15 is 0 Å². The van der Waals surface area contributed by atoms with Gasteiger partial charge in [-0.15, -0.1) is 0 Å². The summed E-state index contributed by atoms with van der Waals surface area (Å²) in [6, 6.07) is 14.9. The van der Waals surface area contributed by atoms with Crippen LogP contribution in [0, 0.1) is 18.5 Å². The average molecular weight is 529 g/mol. The molecule has 0 saturated heterocycles. The van der Waals surface area contributed by atoms with Gasteiger partial charge in [0.1, 0.15) is 11.6 Å². The molecule has 2 N–H and O–H groups in total. The van der Waals surface area contributed by atoms with Crippen LogP contribution >= 0.6 is 45.2 Å². The summed E-state index contributed by atoms with van der Waals surface area (Å²) in [7, 11) is 1.86. The van der Waals surface area contributed by atoms with Gasteiger partial charge in [-0.25, -0.2) is 0 Å². The summed E-state index contributed by atoms with van der Waals surface area (Å²) in [5.41, 5.74) is 2.58. The van der Waals surface area contributed by atoms with E-state index in [1.807, 2.05) is 43.4 Å². The van der Waals surface area contributed by atoms with Crippen LogP contribution in [-0.4, -0.2) is 13.0 Å². The molecule has 0 heterocycles. The first-order valence-electron chi connectivity index (χ1n) is 6.70. The smallest absolute Gasteiger partial charge is 0.266 e. The summed E-state index contributed by atoms with van der Waals surface area (Å²) >= 11 is 4.45. The summed E-state index contributed by atoms with van der Waals surface area (Å²) in [5, 5.41) is 15.1. The van der Waals surface area contributed by atoms with Gasteiger partial charge in [0.25, 0.3) is 5.91 Å². The third-order valence-electron chi connectivity index (χ3n) is 3.02. The van der Waals surface area contributed by atoms with Crippen molar-refractivity contribution in [2.45, 2.75) is 0 Å². The van der Waals surface area contributed by atoms with Gasteiger partial charge < -0.3 is 10.6 Å². The topological polar surface area (TPSA) is 64.9 Å². The number of hydrogen-bond acceptors (Lipinski definition) is 3. The standard InChI is InChI=1S/C17H13I2N3O/c1-21-16-14(18)8-11(9-15(16)19)7-12(10-20)17(23)22-13-5-3-2-4-6-13/h2-9,21H,1H3,(H,22,23). The van der Waals surface area contributed by atoms with Crippen LogP contribution in [0.25, 0.3) is 6.08 Å². The number of carbonyl (C=O) groups is 1. The van der Waals surface area contributed by atoms with Crippen molar-refractivity contribution in [1.29, 1.82) is 5.26 Å². The van der Waals surface area contributed by atoms with Crippen molar-refractivity contribution in [3.05, 3.63) is 60.7 Å². The molecule has 0 radical (unpaired) electrons. The second-order valence-electron chi connectivity index (χ2n) is 4.60. The van der Waals surface area contributed by atoms with Gasteiger partial charge in [-0.1, -0.05) is 18.2 Å². The van der Waals surface area contributed by atoms with Gasteiger partial charge in [0.2, 0.25) is 0 Å². The van der Waals surface area contributed by atoms with Crippen molar-refractivity contribution in [1.82, 2.24) is 0 Å². The summed E-state index contributed by atoms with van der Waals surface area (Å²) in [6.07, 6.45) is 1.60. The summed E-state index contributed by atoms with van der Waals surface area (Å²) in [6.45, 7) is 0. The zero-order chi connectivity index (χ0) is 16.8. The van der Waals surface area contributed by atoms with Crippen LogP contribution < -0.4 is 10.6 Å². The SMILES string of the molecule is CNc1c(I)cc(C=C(C#N)C(=O)Nc2ccccc2)cc1I. The highest BCUT2D eigenvalue weighted by Crippen LogP contribution is 2.27. The Hall–Kier alpha value is -1.60. The summed E-state index contributed by atoms with van der Waals surface area (Å²) < 4.78 is 2.06. The Morgan fingerprint density at radius 3 is 2.30 bits per heavy atom. The van der Waals surface area contributed by atoms with Gasteiger partial charge in [0.15, 0.2) is 0 Å². The molecular weight excluding hydrogens is 516 g/mol. The molecule has 0 fully saturated rings. The molecule has 0 atom stereocenters. The predicted molar refractivity (Wildman–Crippen MR) is 110 cm³/mol. The molecule has 1 amide bonds. The maximum atomic E-state index is 12.2. The molecule has 0 aliphatic rings. The van der Waals surface area contributed by atoms with E-state index in [0.29, 0.717) is 5.69 Å². The van der Waals surface area contributed by atoms with E-state index in [1.165, 1.54) is 0 Å². The first-order valence-corrected chi connectivity index (χ1v) is 8.86. The highest BCUT2D eigenvalue weighted by molar-refractivity contribution is 14.1. The fourth-order valence-electron chi connectivity index (χ4n) is 1.95. The highest BCUT2D eigenvalue weighted by atomic mass is 127. The molecule has 0 spiro atoms. The third-order valence-corrected chi connectivity index (χ3v) is 4.72. The molecule has 0 saturated carbocycles. The third kappa shape index (κ3) is 4.68. The minimum atomic E-state index is -0.415. The number of rotatable bonds is 4. The van der Waals surface area contributed by atoms with Crippen molar-refractivity contribution in [3.8, 4) is 6.07 Å². The molecule has 2 aromatic rings. The van der Waals surface area contributed by atoms with Gasteiger partial charge in [-0.05, 0) is 81.1 Å². The average Bonchev–Trinajstić information content (AvgIpc) is 2.53. The largest absolute Gasteiger partial charge is 0.386 e. The van der Waals surface area contributed by atoms with Crippen LogP contribution in [0.3, 0.4) is 0 Å². The number of nitriles is 1. The highest BCUT2D eigenvalue weighted by Gasteiger charge is 2.11. The maximum Gasteiger partial charge on any atom is 0.266 e. The molecule has 0 unspecified atom stereocenters. The molecule has 0 aliphatic carbocycles. The summed E-state index contributed by atoms with van der Waals surface area (Å²) in [5.74, 6) is -0.415. The zero-order valence-electron chi connectivity index (χ0n) is 12.2. The van der Waals surface area contributed by atoms with Gasteiger partial charge in [-0.3, -0.25) is 4.79 Å². The minimum absolute atomic E-state index is 0.0673. The number of anilines is 2. The number of para-hydroxylation sites is 1. The van der Waals surface area contributed by atoms with E-state index < -0.39 is 5.91 Å². The Balaban J connectivity index is 2.29. The van der Waals surface area contributed by atoms with Crippen LogP contribution in [0.15, 0.2) is 48.0 Å². The number of nitrogens with zero attached hydrogens (tertiary/aromatic N) is 1. The molecule has 2 rings (SSSR count). The van der Waals surface area contributed by atoms with Crippen molar-refractivity contribution < 1.29 is 4.79 Å². The lowest BCUT2D eigenvalue weighted by molar-refractivity contribution is -0.112. The molecule has 116 valence electrons. The molecule has 0 bridgehead atoms. The Kier molecular flexibility index (Phi) is 6.41. The van der Waals surface area contributed by atoms with Crippen LogP contribution in [0.4, 0.5) is 11.4 Å². The van der Waals surface area contributed by atoms with E-state index in [1.54, 1.807) is 18.2 Å². The fraction of sp³-hybridized carbons (Fsp3) is 0.0588. The lowest BCUT2D eigenvalue weighted by Gasteiger charge is -2.08. The van der Waals surface area contributed by atoms with Crippen LogP contribution in [-0.2, 0) is 4.79 Å². The molecule has 2 aromatic carbocycles. The van der Waals surface area contributed by atoms with Gasteiger partial charge in [-0.2, -0.15) is 5.26 Å². The summed E-state index contributed by atoms with van der Waals surface area (Å²) in [4.78, 5) is 12.2. The minimum Gasteiger partial charge on any atom is -0.386 e. The van der Waals surface area contributed by atoms with Gasteiger partial charge in [0.05, 0.1) is 5.69 Å². The number of halogens is 2. The normalized spacial score (nSPS) is 10.8. The first-order chi connectivity index (χ1) is 11.0. The zero-order valence-corrected chi connectivity index (χ0v) is 16.5. The monoisotopic (exact) mass is 529 g/mol. The quantitative estimate of drug-likeness (QED) is 0.349. The Bertz CT molecular complexity index is 772. The van der Waals surface area contributed by atoms with Gasteiger partial charge in [0, 0.05) is 19.9 Å². The second kappa shape index (κ2) is 8.31. The number of benzene rings is 2. The molecular formula is C17H13I2N3O. The number of nitrogens with one attached hydrogen (secondary N) is 2. The first kappa shape index (κ1) is 17.7. The van der Waals surface area contributed by atoms with E-state index in [4.69, 9.17) is 0 Å². The Morgan fingerprint density at radius 1 is 1.17 bits per heavy atom. The van der Waals surface area contributed by atoms with Crippen LogP contribution in [0.5, 0.6) is 0 Å². The molecule has 0 aromatic heterocycles. The number of amides is 1. The lowest BCUT2D eigenvalue weighted by atomic mass is 10.1. The molecule has 6 heteroatoms. The number of hydrogen-bond donors (Lipinski definition) is 2. The lowest BCUT2D eigenvalue weighted by Crippen LogP contribution is -2.13. The van der Waals surface area contributed by atoms with Crippen molar-refractivity contribution in [2.75, 3.05) is 17.7 Å². The Labute approximate surface area is 162 Å². The van der Waals surface area contributed by atoms with E-state index in [2.05, 4.69) is 55.8 Å². The van der Waals surface area contributed by atoms with Crippen molar-refractivity contribution >= 4 is 68.5 Å². The maximum absolute atomic E-state index is 12.2. The van der Waals surface area contributed by atoms with Crippen LogP contribution in [0.1, 0.15) is 5.56 Å². The molecule has 23 heavy (non-hydrogen) atoms. The fourth-order valence-corrected chi connectivity index (χ4v) is 4.31. The van der Waals surface area contributed by atoms with E-state index in [0.717, 1.165) is 18.4 Å². The van der Waals surface area contributed by atoms with Crippen molar-refractivity contribution in [2.24, 2.45) is 0 Å². The predicted octanol–water partition coefficient (Wildman–Crippen LogP) is 4.48. The second-order valence-corrected chi connectivity index (χ2v) is 6.92. The molecule has 0 aliphatic heterocycles.